The number of anilines is 3. The van der Waals surface area contributed by atoms with E-state index >= 15 is 0 Å². The molecule has 170 valence electrons. The molecule has 0 saturated carbocycles. The molecule has 0 saturated heterocycles. The SMILES string of the molecule is Nc1cc(-c2ccncc2NC(=O)c2nc(C3=CCNCC3)ccc2N)nc(C(F)(F)F)n1. The summed E-state index contributed by atoms with van der Waals surface area (Å²) in [7, 11) is 0. The van der Waals surface area contributed by atoms with Gasteiger partial charge < -0.3 is 22.1 Å². The third-order valence-corrected chi connectivity index (χ3v) is 4.88. The maximum atomic E-state index is 13.1. The van der Waals surface area contributed by atoms with Crippen LogP contribution in [-0.2, 0) is 6.18 Å². The standard InChI is InChI=1S/C21H19F3N8O/c22-21(23,24)20-31-15(9-17(26)32-20)12-5-8-28-10-16(12)30-19(33)18-13(25)1-2-14(29-18)11-3-6-27-7-4-11/h1-3,5,8-10,27H,4,6-7,25H2,(H,30,33)(H2,26,31,32). The molecule has 0 aliphatic carbocycles. The number of nitrogen functional groups attached to an aromatic ring is 2. The molecule has 3 aromatic heterocycles. The molecular formula is C21H19F3N8O. The van der Waals surface area contributed by atoms with Crippen LogP contribution in [0, 0.1) is 0 Å². The van der Waals surface area contributed by atoms with Crippen LogP contribution in [0.5, 0.6) is 0 Å². The number of nitrogens with two attached hydrogens (primary N) is 2. The van der Waals surface area contributed by atoms with Crippen molar-refractivity contribution in [2.45, 2.75) is 12.6 Å². The molecule has 4 rings (SSSR count). The number of hydrogen-bond donors (Lipinski definition) is 4. The smallest absolute Gasteiger partial charge is 0.397 e. The average Bonchev–Trinajstić information content (AvgIpc) is 2.79. The van der Waals surface area contributed by atoms with Crippen molar-refractivity contribution in [2.24, 2.45) is 0 Å². The van der Waals surface area contributed by atoms with E-state index in [1.165, 1.54) is 24.5 Å². The number of rotatable bonds is 4. The van der Waals surface area contributed by atoms with Gasteiger partial charge in [-0.2, -0.15) is 13.2 Å². The summed E-state index contributed by atoms with van der Waals surface area (Å²) in [6.45, 7) is 1.49. The minimum absolute atomic E-state index is 0.0140. The van der Waals surface area contributed by atoms with E-state index in [0.29, 0.717) is 12.2 Å². The van der Waals surface area contributed by atoms with E-state index in [-0.39, 0.29) is 34.1 Å². The fourth-order valence-corrected chi connectivity index (χ4v) is 3.32. The topological polar surface area (TPSA) is 145 Å². The second-order valence-electron chi connectivity index (χ2n) is 7.19. The van der Waals surface area contributed by atoms with E-state index < -0.39 is 17.9 Å². The van der Waals surface area contributed by atoms with Gasteiger partial charge in [0.15, 0.2) is 5.69 Å². The van der Waals surface area contributed by atoms with Crippen molar-refractivity contribution >= 4 is 28.7 Å². The van der Waals surface area contributed by atoms with Gasteiger partial charge >= 0.3 is 6.18 Å². The number of aromatic nitrogens is 4. The number of nitrogens with one attached hydrogen (secondary N) is 2. The lowest BCUT2D eigenvalue weighted by atomic mass is 10.0. The van der Waals surface area contributed by atoms with Gasteiger partial charge in [0.1, 0.15) is 5.82 Å². The predicted molar refractivity (Wildman–Crippen MR) is 117 cm³/mol. The second kappa shape index (κ2) is 8.82. The van der Waals surface area contributed by atoms with Crippen LogP contribution in [0.2, 0.25) is 0 Å². The van der Waals surface area contributed by atoms with Crippen LogP contribution in [0.25, 0.3) is 16.8 Å². The highest BCUT2D eigenvalue weighted by Crippen LogP contribution is 2.32. The van der Waals surface area contributed by atoms with Crippen molar-refractivity contribution in [1.29, 1.82) is 0 Å². The molecule has 9 nitrogen and oxygen atoms in total. The Hall–Kier alpha value is -4.06. The van der Waals surface area contributed by atoms with Crippen molar-refractivity contribution in [2.75, 3.05) is 29.9 Å². The van der Waals surface area contributed by atoms with E-state index in [0.717, 1.165) is 18.5 Å². The van der Waals surface area contributed by atoms with Crippen LogP contribution in [0.1, 0.15) is 28.4 Å². The van der Waals surface area contributed by atoms with E-state index in [4.69, 9.17) is 11.5 Å². The molecule has 0 fully saturated rings. The Kier molecular flexibility index (Phi) is 5.92. The first-order valence-electron chi connectivity index (χ1n) is 9.86. The lowest BCUT2D eigenvalue weighted by Crippen LogP contribution is -2.21. The van der Waals surface area contributed by atoms with Crippen molar-refractivity contribution in [1.82, 2.24) is 25.3 Å². The van der Waals surface area contributed by atoms with E-state index in [2.05, 4.69) is 30.6 Å². The molecule has 1 aliphatic rings. The van der Waals surface area contributed by atoms with Gasteiger partial charge in [0, 0.05) is 24.4 Å². The highest BCUT2D eigenvalue weighted by atomic mass is 19.4. The summed E-state index contributed by atoms with van der Waals surface area (Å²) in [6, 6.07) is 5.91. The summed E-state index contributed by atoms with van der Waals surface area (Å²) in [5.41, 5.74) is 13.4. The highest BCUT2D eigenvalue weighted by Gasteiger charge is 2.35. The molecule has 0 spiro atoms. The minimum Gasteiger partial charge on any atom is -0.397 e. The Morgan fingerprint density at radius 1 is 1.09 bits per heavy atom. The molecule has 4 heterocycles. The normalized spacial score (nSPS) is 14.0. The molecule has 6 N–H and O–H groups in total. The molecule has 0 bridgehead atoms. The molecule has 0 radical (unpaired) electrons. The Labute approximate surface area is 186 Å². The average molecular weight is 456 g/mol. The summed E-state index contributed by atoms with van der Waals surface area (Å²) in [5, 5.41) is 5.82. The highest BCUT2D eigenvalue weighted by molar-refractivity contribution is 6.08. The predicted octanol–water partition coefficient (Wildman–Crippen LogP) is 2.75. The van der Waals surface area contributed by atoms with Gasteiger partial charge in [0.05, 0.1) is 29.0 Å². The number of carbonyl (C=O) groups is 1. The lowest BCUT2D eigenvalue weighted by Gasteiger charge is -2.15. The van der Waals surface area contributed by atoms with Gasteiger partial charge in [-0.3, -0.25) is 9.78 Å². The molecule has 1 aliphatic heterocycles. The number of nitrogens with zero attached hydrogens (tertiary/aromatic N) is 4. The fraction of sp³-hybridized carbons (Fsp3) is 0.190. The van der Waals surface area contributed by atoms with Crippen LogP contribution in [-0.4, -0.2) is 38.9 Å². The van der Waals surface area contributed by atoms with Gasteiger partial charge in [0.25, 0.3) is 5.91 Å². The third kappa shape index (κ3) is 4.90. The summed E-state index contributed by atoms with van der Waals surface area (Å²) >= 11 is 0. The van der Waals surface area contributed by atoms with Crippen LogP contribution >= 0.6 is 0 Å². The van der Waals surface area contributed by atoms with Gasteiger partial charge in [0.2, 0.25) is 5.82 Å². The van der Waals surface area contributed by atoms with Crippen molar-refractivity contribution in [3.05, 3.63) is 59.9 Å². The quantitative estimate of drug-likeness (QED) is 0.469. The molecule has 3 aromatic rings. The van der Waals surface area contributed by atoms with Gasteiger partial charge in [-0.1, -0.05) is 6.08 Å². The molecular weight excluding hydrogens is 437 g/mol. The maximum absolute atomic E-state index is 13.1. The molecule has 12 heteroatoms. The summed E-state index contributed by atoms with van der Waals surface area (Å²) in [6.07, 6.45) is 0.590. The van der Waals surface area contributed by atoms with Crippen LogP contribution in [0.3, 0.4) is 0 Å². The van der Waals surface area contributed by atoms with E-state index in [1.807, 2.05) is 6.08 Å². The number of hydrogen-bond acceptors (Lipinski definition) is 8. The first kappa shape index (κ1) is 22.1. The van der Waals surface area contributed by atoms with Crippen LogP contribution in [0.4, 0.5) is 30.4 Å². The number of carbonyl (C=O) groups excluding carboxylic acids is 1. The number of halogens is 3. The fourth-order valence-electron chi connectivity index (χ4n) is 3.32. The minimum atomic E-state index is -4.79. The molecule has 1 amide bonds. The Morgan fingerprint density at radius 2 is 1.91 bits per heavy atom. The van der Waals surface area contributed by atoms with Gasteiger partial charge in [-0.15, -0.1) is 0 Å². The van der Waals surface area contributed by atoms with Gasteiger partial charge in [-0.25, -0.2) is 15.0 Å². The largest absolute Gasteiger partial charge is 0.451 e. The van der Waals surface area contributed by atoms with Crippen molar-refractivity contribution in [3.63, 3.8) is 0 Å². The van der Waals surface area contributed by atoms with E-state index in [1.54, 1.807) is 12.1 Å². The zero-order valence-electron chi connectivity index (χ0n) is 17.1. The lowest BCUT2D eigenvalue weighted by molar-refractivity contribution is -0.144. The molecule has 0 aromatic carbocycles. The first-order chi connectivity index (χ1) is 15.7. The molecule has 33 heavy (non-hydrogen) atoms. The zero-order valence-corrected chi connectivity index (χ0v) is 17.1. The first-order valence-corrected chi connectivity index (χ1v) is 9.86. The number of pyridine rings is 2. The summed E-state index contributed by atoms with van der Waals surface area (Å²) in [5.74, 6) is -2.40. The van der Waals surface area contributed by atoms with Crippen molar-refractivity contribution in [3.8, 4) is 11.3 Å². The van der Waals surface area contributed by atoms with Gasteiger partial charge in [-0.05, 0) is 36.7 Å². The van der Waals surface area contributed by atoms with Crippen LogP contribution in [0.15, 0.2) is 42.7 Å². The van der Waals surface area contributed by atoms with Crippen LogP contribution < -0.4 is 22.1 Å². The summed E-state index contributed by atoms with van der Waals surface area (Å²) in [4.78, 5) is 28.1. The molecule has 0 atom stereocenters. The van der Waals surface area contributed by atoms with Crippen molar-refractivity contribution < 1.29 is 18.0 Å². The van der Waals surface area contributed by atoms with E-state index in [9.17, 15) is 18.0 Å². The monoisotopic (exact) mass is 456 g/mol. The zero-order chi connectivity index (χ0) is 23.6. The Morgan fingerprint density at radius 3 is 2.64 bits per heavy atom. The number of amides is 1. The Bertz CT molecular complexity index is 1240. The molecule has 0 unspecified atom stereocenters. The Balaban J connectivity index is 1.68. The summed E-state index contributed by atoms with van der Waals surface area (Å²) < 4.78 is 39.4. The third-order valence-electron chi connectivity index (χ3n) is 4.88. The second-order valence-corrected chi connectivity index (χ2v) is 7.19. The number of alkyl halides is 3. The maximum Gasteiger partial charge on any atom is 0.451 e.